The third kappa shape index (κ3) is 4.15. The van der Waals surface area contributed by atoms with Crippen LogP contribution in [-0.4, -0.2) is 81.4 Å². The van der Waals surface area contributed by atoms with Crippen LogP contribution in [-0.2, 0) is 14.6 Å². The van der Waals surface area contributed by atoms with Gasteiger partial charge in [-0.2, -0.15) is 0 Å². The molecular weight excluding hydrogens is 266 g/mol. The Kier molecular flexibility index (Phi) is 4.81. The summed E-state index contributed by atoms with van der Waals surface area (Å²) in [6.07, 6.45) is 1.29. The molecule has 0 aliphatic carbocycles. The van der Waals surface area contributed by atoms with Crippen molar-refractivity contribution in [1.82, 2.24) is 15.1 Å². The molecule has 0 bridgehead atoms. The van der Waals surface area contributed by atoms with Crippen molar-refractivity contribution in [2.75, 3.05) is 51.3 Å². The predicted molar refractivity (Wildman–Crippen MR) is 73.8 cm³/mol. The highest BCUT2D eigenvalue weighted by atomic mass is 32.2. The Hall–Kier alpha value is -0.660. The van der Waals surface area contributed by atoms with E-state index in [2.05, 4.69) is 5.32 Å². The summed E-state index contributed by atoms with van der Waals surface area (Å²) < 4.78 is 22.8. The summed E-state index contributed by atoms with van der Waals surface area (Å²) in [6.45, 7) is 3.65. The van der Waals surface area contributed by atoms with Crippen molar-refractivity contribution in [1.29, 1.82) is 0 Å². The summed E-state index contributed by atoms with van der Waals surface area (Å²) in [5, 5.41) is 3.22. The number of carbonyl (C=O) groups is 1. The van der Waals surface area contributed by atoms with Crippen LogP contribution in [0.5, 0.6) is 0 Å². The van der Waals surface area contributed by atoms with Gasteiger partial charge < -0.3 is 10.2 Å². The van der Waals surface area contributed by atoms with Crippen molar-refractivity contribution in [2.45, 2.75) is 18.9 Å². The summed E-state index contributed by atoms with van der Waals surface area (Å²) in [5.74, 6) is 0.658. The molecule has 0 aromatic carbocycles. The third-order valence-electron chi connectivity index (χ3n) is 4.00. The highest BCUT2D eigenvalue weighted by molar-refractivity contribution is 7.91. The molecule has 2 aliphatic rings. The van der Waals surface area contributed by atoms with Crippen molar-refractivity contribution in [2.24, 2.45) is 0 Å². The number of hydrogen-bond acceptors (Lipinski definition) is 5. The van der Waals surface area contributed by atoms with E-state index in [0.29, 0.717) is 19.4 Å². The number of hydrogen-bond donors (Lipinski definition) is 1. The van der Waals surface area contributed by atoms with Crippen LogP contribution in [0.2, 0.25) is 0 Å². The van der Waals surface area contributed by atoms with E-state index in [1.807, 2.05) is 16.8 Å². The maximum absolute atomic E-state index is 12.1. The van der Waals surface area contributed by atoms with Gasteiger partial charge in [0, 0.05) is 32.2 Å². The first-order valence-corrected chi connectivity index (χ1v) is 8.69. The summed E-state index contributed by atoms with van der Waals surface area (Å²) in [6, 6.07) is 0.218. The standard InChI is InChI=1S/C12H23N3O3S/c1-14(11-2-8-19(17,18)9-3-11)10-12(16)15-6-4-13-5-7-15/h11,13H,2-10H2,1H3. The second kappa shape index (κ2) is 6.19. The van der Waals surface area contributed by atoms with E-state index in [1.54, 1.807) is 0 Å². The van der Waals surface area contributed by atoms with Crippen LogP contribution >= 0.6 is 0 Å². The topological polar surface area (TPSA) is 69.7 Å². The fraction of sp³-hybridized carbons (Fsp3) is 0.917. The zero-order valence-corrected chi connectivity index (χ0v) is 12.3. The van der Waals surface area contributed by atoms with Gasteiger partial charge in [0.1, 0.15) is 9.84 Å². The number of carbonyl (C=O) groups excluding carboxylic acids is 1. The van der Waals surface area contributed by atoms with Crippen molar-refractivity contribution in [3.8, 4) is 0 Å². The van der Waals surface area contributed by atoms with Gasteiger partial charge in [0.15, 0.2) is 0 Å². The Labute approximate surface area is 115 Å². The van der Waals surface area contributed by atoms with Gasteiger partial charge in [-0.3, -0.25) is 9.69 Å². The van der Waals surface area contributed by atoms with E-state index in [1.165, 1.54) is 0 Å². The van der Waals surface area contributed by atoms with Gasteiger partial charge in [-0.25, -0.2) is 8.42 Å². The summed E-state index contributed by atoms with van der Waals surface area (Å²) in [7, 11) is -0.909. The molecule has 19 heavy (non-hydrogen) atoms. The summed E-state index contributed by atoms with van der Waals surface area (Å²) in [5.41, 5.74) is 0. The van der Waals surface area contributed by atoms with Crippen LogP contribution in [0.1, 0.15) is 12.8 Å². The zero-order chi connectivity index (χ0) is 13.9. The molecule has 2 fully saturated rings. The molecule has 0 unspecified atom stereocenters. The van der Waals surface area contributed by atoms with E-state index in [0.717, 1.165) is 26.2 Å². The Balaban J connectivity index is 1.80. The lowest BCUT2D eigenvalue weighted by Gasteiger charge is -2.33. The molecule has 0 saturated carbocycles. The Morgan fingerprint density at radius 1 is 1.26 bits per heavy atom. The summed E-state index contributed by atoms with van der Waals surface area (Å²) >= 11 is 0. The fourth-order valence-electron chi connectivity index (χ4n) is 2.68. The molecule has 7 heteroatoms. The van der Waals surface area contributed by atoms with E-state index in [-0.39, 0.29) is 23.5 Å². The molecule has 6 nitrogen and oxygen atoms in total. The maximum atomic E-state index is 12.1. The number of sulfone groups is 1. The van der Waals surface area contributed by atoms with Gasteiger partial charge >= 0.3 is 0 Å². The van der Waals surface area contributed by atoms with Crippen molar-refractivity contribution < 1.29 is 13.2 Å². The average molecular weight is 289 g/mol. The molecule has 2 aliphatic heterocycles. The van der Waals surface area contributed by atoms with Gasteiger partial charge in [-0.05, 0) is 19.9 Å². The van der Waals surface area contributed by atoms with Gasteiger partial charge in [0.25, 0.3) is 0 Å². The Morgan fingerprint density at radius 2 is 1.84 bits per heavy atom. The molecule has 2 heterocycles. The smallest absolute Gasteiger partial charge is 0.236 e. The number of nitrogens with one attached hydrogen (secondary N) is 1. The minimum absolute atomic E-state index is 0.150. The third-order valence-corrected chi connectivity index (χ3v) is 5.72. The molecule has 0 aromatic rings. The normalized spacial score (nSPS) is 24.6. The van der Waals surface area contributed by atoms with Gasteiger partial charge in [-0.15, -0.1) is 0 Å². The lowest BCUT2D eigenvalue weighted by molar-refractivity contribution is -0.133. The maximum Gasteiger partial charge on any atom is 0.236 e. The lowest BCUT2D eigenvalue weighted by Crippen LogP contribution is -2.51. The zero-order valence-electron chi connectivity index (χ0n) is 11.5. The number of piperazine rings is 1. The first-order chi connectivity index (χ1) is 8.98. The first-order valence-electron chi connectivity index (χ1n) is 6.87. The monoisotopic (exact) mass is 289 g/mol. The molecule has 2 rings (SSSR count). The minimum atomic E-state index is -2.83. The van der Waals surface area contributed by atoms with Gasteiger partial charge in [0.05, 0.1) is 18.1 Å². The second-order valence-corrected chi connectivity index (χ2v) is 7.73. The molecule has 2 saturated heterocycles. The number of nitrogens with zero attached hydrogens (tertiary/aromatic N) is 2. The van der Waals surface area contributed by atoms with Gasteiger partial charge in [-0.1, -0.05) is 0 Å². The van der Waals surface area contributed by atoms with Crippen LogP contribution < -0.4 is 5.32 Å². The fourth-order valence-corrected chi connectivity index (χ4v) is 4.14. The highest BCUT2D eigenvalue weighted by Gasteiger charge is 2.28. The predicted octanol–water partition coefficient (Wildman–Crippen LogP) is -1.07. The highest BCUT2D eigenvalue weighted by Crippen LogP contribution is 2.17. The van der Waals surface area contributed by atoms with E-state index < -0.39 is 9.84 Å². The molecule has 0 radical (unpaired) electrons. The van der Waals surface area contributed by atoms with Gasteiger partial charge in [0.2, 0.25) is 5.91 Å². The SMILES string of the molecule is CN(CC(=O)N1CCNCC1)C1CCS(=O)(=O)CC1. The van der Waals surface area contributed by atoms with E-state index in [9.17, 15) is 13.2 Å². The molecule has 0 aromatic heterocycles. The second-order valence-electron chi connectivity index (χ2n) is 5.43. The van der Waals surface area contributed by atoms with E-state index >= 15 is 0 Å². The average Bonchev–Trinajstić information content (AvgIpc) is 2.39. The van der Waals surface area contributed by atoms with Crippen LogP contribution in [0.3, 0.4) is 0 Å². The van der Waals surface area contributed by atoms with Crippen molar-refractivity contribution in [3.05, 3.63) is 0 Å². The Bertz CT molecular complexity index is 404. The van der Waals surface area contributed by atoms with Crippen LogP contribution in [0.25, 0.3) is 0 Å². The number of amides is 1. The minimum Gasteiger partial charge on any atom is -0.339 e. The molecule has 1 N–H and O–H groups in total. The molecule has 0 spiro atoms. The quantitative estimate of drug-likeness (QED) is 0.716. The molecule has 0 atom stereocenters. The molecule has 110 valence electrons. The van der Waals surface area contributed by atoms with Crippen molar-refractivity contribution >= 4 is 15.7 Å². The van der Waals surface area contributed by atoms with E-state index in [4.69, 9.17) is 0 Å². The lowest BCUT2D eigenvalue weighted by atomic mass is 10.1. The first kappa shape index (κ1) is 14.7. The van der Waals surface area contributed by atoms with Crippen LogP contribution in [0.15, 0.2) is 0 Å². The largest absolute Gasteiger partial charge is 0.339 e. The molecule has 1 amide bonds. The number of likely N-dealkylation sites (N-methyl/N-ethyl adjacent to an activating group) is 1. The Morgan fingerprint density at radius 3 is 2.42 bits per heavy atom. The van der Waals surface area contributed by atoms with Crippen molar-refractivity contribution in [3.63, 3.8) is 0 Å². The van der Waals surface area contributed by atoms with Crippen LogP contribution in [0, 0.1) is 0 Å². The molecular formula is C12H23N3O3S. The number of rotatable bonds is 3. The van der Waals surface area contributed by atoms with Crippen LogP contribution in [0.4, 0.5) is 0 Å². The summed E-state index contributed by atoms with van der Waals surface area (Å²) in [4.78, 5) is 16.0.